The second-order valence-corrected chi connectivity index (χ2v) is 5.56. The van der Waals surface area contributed by atoms with Crippen molar-refractivity contribution in [3.05, 3.63) is 48.0 Å². The number of carbonyl (C=O) groups is 1. The van der Waals surface area contributed by atoms with E-state index in [1.807, 2.05) is 5.32 Å². The Hall–Kier alpha value is -3.84. The number of nitrogen functional groups attached to an aromatic ring is 1. The van der Waals surface area contributed by atoms with Gasteiger partial charge in [-0.25, -0.2) is 9.97 Å². The normalized spacial score (nSPS) is 11.9. The molecule has 3 aromatic rings. The third kappa shape index (κ3) is 4.59. The van der Waals surface area contributed by atoms with Crippen molar-refractivity contribution in [2.45, 2.75) is 12.5 Å². The SMILES string of the molecule is Nc1nc(NC(=O)c2conc2C(F)(F)F)cnc1-c1ccccc1OC(F)(F)F. The van der Waals surface area contributed by atoms with Crippen molar-refractivity contribution in [1.29, 1.82) is 0 Å². The van der Waals surface area contributed by atoms with Crippen LogP contribution < -0.4 is 15.8 Å². The first-order valence-corrected chi connectivity index (χ1v) is 7.76. The summed E-state index contributed by atoms with van der Waals surface area (Å²) in [5.74, 6) is -2.62. The van der Waals surface area contributed by atoms with Gasteiger partial charge < -0.3 is 20.3 Å². The molecule has 0 aliphatic heterocycles. The zero-order valence-corrected chi connectivity index (χ0v) is 14.4. The van der Waals surface area contributed by atoms with Crippen LogP contribution in [0.5, 0.6) is 5.75 Å². The van der Waals surface area contributed by atoms with Crippen LogP contribution in [0.1, 0.15) is 16.1 Å². The van der Waals surface area contributed by atoms with Gasteiger partial charge in [0.2, 0.25) is 0 Å². The van der Waals surface area contributed by atoms with E-state index in [2.05, 4.69) is 24.4 Å². The van der Waals surface area contributed by atoms with Crippen LogP contribution >= 0.6 is 0 Å². The second kappa shape index (κ2) is 7.53. The van der Waals surface area contributed by atoms with Gasteiger partial charge in [-0.05, 0) is 12.1 Å². The number of ether oxygens (including phenoxy) is 1. The summed E-state index contributed by atoms with van der Waals surface area (Å²) in [6.07, 6.45) is -8.51. The zero-order valence-electron chi connectivity index (χ0n) is 14.4. The molecule has 1 amide bonds. The molecule has 8 nitrogen and oxygen atoms in total. The molecule has 0 radical (unpaired) electrons. The standard InChI is InChI=1S/C16H9F6N5O3/c17-15(18,19)12-8(6-29-27-12)14(28)26-10-5-24-11(13(23)25-10)7-3-1-2-4-9(7)30-16(20,21)22/h1-6H,(H3,23,25,26,28). The maximum atomic E-state index is 12.8. The Balaban J connectivity index is 1.87. The van der Waals surface area contributed by atoms with Crippen molar-refractivity contribution in [2.24, 2.45) is 0 Å². The summed E-state index contributed by atoms with van der Waals surface area (Å²) in [7, 11) is 0. The van der Waals surface area contributed by atoms with Crippen molar-refractivity contribution in [1.82, 2.24) is 15.1 Å². The summed E-state index contributed by atoms with van der Waals surface area (Å²) >= 11 is 0. The highest BCUT2D eigenvalue weighted by Crippen LogP contribution is 2.35. The fourth-order valence-corrected chi connectivity index (χ4v) is 2.33. The van der Waals surface area contributed by atoms with Crippen LogP contribution in [0.15, 0.2) is 41.2 Å². The highest BCUT2D eigenvalue weighted by atomic mass is 19.4. The van der Waals surface area contributed by atoms with E-state index in [0.717, 1.165) is 12.3 Å². The highest BCUT2D eigenvalue weighted by molar-refractivity contribution is 6.04. The second-order valence-electron chi connectivity index (χ2n) is 5.56. The number of nitrogens with zero attached hydrogens (tertiary/aromatic N) is 3. The van der Waals surface area contributed by atoms with E-state index in [1.54, 1.807) is 0 Å². The molecule has 0 spiro atoms. The Morgan fingerprint density at radius 2 is 1.83 bits per heavy atom. The number of carbonyl (C=O) groups excluding carboxylic acids is 1. The van der Waals surface area contributed by atoms with E-state index in [-0.39, 0.29) is 17.1 Å². The summed E-state index contributed by atoms with van der Waals surface area (Å²) in [6.45, 7) is 0. The smallest absolute Gasteiger partial charge is 0.405 e. The molecule has 0 saturated carbocycles. The molecular formula is C16H9F6N5O3. The van der Waals surface area contributed by atoms with Gasteiger partial charge in [0.1, 0.15) is 23.3 Å². The van der Waals surface area contributed by atoms with Gasteiger partial charge in [0.05, 0.1) is 6.20 Å². The molecule has 158 valence electrons. The first kappa shape index (κ1) is 20.9. The van der Waals surface area contributed by atoms with E-state index < -0.39 is 41.3 Å². The predicted molar refractivity (Wildman–Crippen MR) is 88.0 cm³/mol. The zero-order chi connectivity index (χ0) is 22.1. The van der Waals surface area contributed by atoms with Gasteiger partial charge >= 0.3 is 12.5 Å². The molecule has 0 fully saturated rings. The minimum absolute atomic E-state index is 0.143. The number of aromatic nitrogens is 3. The number of nitrogens with two attached hydrogens (primary N) is 1. The van der Waals surface area contributed by atoms with Gasteiger partial charge in [-0.2, -0.15) is 13.2 Å². The monoisotopic (exact) mass is 433 g/mol. The Morgan fingerprint density at radius 3 is 2.47 bits per heavy atom. The lowest BCUT2D eigenvalue weighted by Gasteiger charge is -2.14. The van der Waals surface area contributed by atoms with Crippen molar-refractivity contribution in [3.63, 3.8) is 0 Å². The Kier molecular flexibility index (Phi) is 5.24. The molecule has 0 unspecified atom stereocenters. The van der Waals surface area contributed by atoms with E-state index in [4.69, 9.17) is 5.73 Å². The van der Waals surface area contributed by atoms with Gasteiger partial charge in [0, 0.05) is 5.56 Å². The Morgan fingerprint density at radius 1 is 1.13 bits per heavy atom. The third-order valence-electron chi connectivity index (χ3n) is 3.49. The third-order valence-corrected chi connectivity index (χ3v) is 3.49. The van der Waals surface area contributed by atoms with Gasteiger partial charge in [-0.1, -0.05) is 17.3 Å². The molecule has 0 saturated heterocycles. The highest BCUT2D eigenvalue weighted by Gasteiger charge is 2.39. The van der Waals surface area contributed by atoms with Gasteiger partial charge in [0.25, 0.3) is 5.91 Å². The van der Waals surface area contributed by atoms with E-state index in [0.29, 0.717) is 6.26 Å². The quantitative estimate of drug-likeness (QED) is 0.600. The number of anilines is 2. The molecule has 2 heterocycles. The number of para-hydroxylation sites is 1. The lowest BCUT2D eigenvalue weighted by atomic mass is 10.1. The number of rotatable bonds is 4. The molecule has 0 aliphatic rings. The first-order chi connectivity index (χ1) is 14.0. The maximum Gasteiger partial charge on any atom is 0.573 e. The molecule has 0 aliphatic carbocycles. The molecular weight excluding hydrogens is 424 g/mol. The molecule has 30 heavy (non-hydrogen) atoms. The van der Waals surface area contributed by atoms with Gasteiger partial charge in [-0.3, -0.25) is 4.79 Å². The molecule has 3 N–H and O–H groups in total. The molecule has 0 bridgehead atoms. The van der Waals surface area contributed by atoms with Crippen LogP contribution in [0.2, 0.25) is 0 Å². The van der Waals surface area contributed by atoms with Crippen molar-refractivity contribution < 1.29 is 40.4 Å². The minimum Gasteiger partial charge on any atom is -0.405 e. The summed E-state index contributed by atoms with van der Waals surface area (Å²) in [5, 5.41) is 4.76. The van der Waals surface area contributed by atoms with Crippen LogP contribution in [-0.2, 0) is 6.18 Å². The number of hydrogen-bond acceptors (Lipinski definition) is 7. The lowest BCUT2D eigenvalue weighted by molar-refractivity contribution is -0.274. The van der Waals surface area contributed by atoms with Crippen molar-refractivity contribution in [3.8, 4) is 17.0 Å². The molecule has 1 aromatic carbocycles. The van der Waals surface area contributed by atoms with Crippen LogP contribution in [0, 0.1) is 0 Å². The summed E-state index contributed by atoms with van der Waals surface area (Å²) in [5.41, 5.74) is 2.91. The number of hydrogen-bond donors (Lipinski definition) is 2. The van der Waals surface area contributed by atoms with Gasteiger partial charge in [-0.15, -0.1) is 13.2 Å². The summed E-state index contributed by atoms with van der Waals surface area (Å²) in [6, 6.07) is 4.97. The Bertz CT molecular complexity index is 1080. The average molecular weight is 433 g/mol. The maximum absolute atomic E-state index is 12.8. The van der Waals surface area contributed by atoms with E-state index >= 15 is 0 Å². The van der Waals surface area contributed by atoms with E-state index in [1.165, 1.54) is 18.2 Å². The lowest BCUT2D eigenvalue weighted by Crippen LogP contribution is -2.19. The van der Waals surface area contributed by atoms with Crippen molar-refractivity contribution >= 4 is 17.5 Å². The Labute approximate surface area is 162 Å². The largest absolute Gasteiger partial charge is 0.573 e. The summed E-state index contributed by atoms with van der Waals surface area (Å²) < 4.78 is 84.2. The average Bonchev–Trinajstić information content (AvgIpc) is 3.12. The molecule has 0 atom stereocenters. The number of nitrogens with one attached hydrogen (secondary N) is 1. The van der Waals surface area contributed by atoms with Crippen molar-refractivity contribution in [2.75, 3.05) is 11.1 Å². The number of halogens is 6. The van der Waals surface area contributed by atoms with Crippen LogP contribution in [0.3, 0.4) is 0 Å². The van der Waals surface area contributed by atoms with E-state index in [9.17, 15) is 31.1 Å². The first-order valence-electron chi connectivity index (χ1n) is 7.76. The molecule has 2 aromatic heterocycles. The molecule has 14 heteroatoms. The predicted octanol–water partition coefficient (Wildman–Crippen LogP) is 3.88. The minimum atomic E-state index is -4.97. The van der Waals surface area contributed by atoms with Crippen LogP contribution in [0.4, 0.5) is 38.0 Å². The number of amides is 1. The molecule has 3 rings (SSSR count). The fraction of sp³-hybridized carbons (Fsp3) is 0.125. The van der Waals surface area contributed by atoms with Crippen LogP contribution in [-0.4, -0.2) is 27.4 Å². The topological polar surface area (TPSA) is 116 Å². The summed E-state index contributed by atoms with van der Waals surface area (Å²) in [4.78, 5) is 19.6. The van der Waals surface area contributed by atoms with Gasteiger partial charge in [0.15, 0.2) is 17.3 Å². The number of benzene rings is 1. The fourth-order valence-electron chi connectivity index (χ4n) is 2.33. The number of alkyl halides is 6. The van der Waals surface area contributed by atoms with Crippen LogP contribution in [0.25, 0.3) is 11.3 Å².